The fraction of sp³-hybridized carbons (Fsp3) is 0.400. The molecule has 0 amide bonds. The number of anilines is 1. The lowest BCUT2D eigenvalue weighted by Crippen LogP contribution is -2.08. The van der Waals surface area contributed by atoms with Crippen LogP contribution >= 0.6 is 0 Å². The van der Waals surface area contributed by atoms with Gasteiger partial charge in [0, 0.05) is 19.8 Å². The number of benzene rings is 1. The minimum absolute atomic E-state index is 0.125. The first-order chi connectivity index (χ1) is 5.65. The van der Waals surface area contributed by atoms with Gasteiger partial charge in [-0.25, -0.2) is 0 Å². The normalized spacial score (nSPS) is 10.0. The van der Waals surface area contributed by atoms with Crippen molar-refractivity contribution in [3.8, 4) is 0 Å². The van der Waals surface area contributed by atoms with Gasteiger partial charge in [-0.1, -0.05) is 6.07 Å². The van der Waals surface area contributed by atoms with E-state index in [1.807, 2.05) is 38.1 Å². The van der Waals surface area contributed by atoms with Crippen molar-refractivity contribution in [1.82, 2.24) is 0 Å². The van der Waals surface area contributed by atoms with Crippen molar-refractivity contribution in [3.63, 3.8) is 0 Å². The third-order valence-corrected chi connectivity index (χ3v) is 2.01. The lowest BCUT2D eigenvalue weighted by atomic mass is 10.1. The molecule has 2 heteroatoms. The van der Waals surface area contributed by atoms with Gasteiger partial charge in [0.15, 0.2) is 0 Å². The van der Waals surface area contributed by atoms with E-state index in [0.29, 0.717) is 0 Å². The summed E-state index contributed by atoms with van der Waals surface area (Å²) in [5.74, 6) is 0. The number of hydrogen-bond donors (Lipinski definition) is 1. The second-order valence-corrected chi connectivity index (χ2v) is 3.16. The Hall–Kier alpha value is -1.02. The van der Waals surface area contributed by atoms with Crippen molar-refractivity contribution >= 4 is 5.69 Å². The molecule has 0 bridgehead atoms. The summed E-state index contributed by atoms with van der Waals surface area (Å²) in [4.78, 5) is 2.05. The van der Waals surface area contributed by atoms with E-state index in [1.165, 1.54) is 5.69 Å². The molecule has 0 aliphatic carbocycles. The molecular weight excluding hydrogens is 150 g/mol. The molecule has 0 aliphatic rings. The van der Waals surface area contributed by atoms with Crippen molar-refractivity contribution < 1.29 is 5.11 Å². The number of aliphatic hydroxyl groups is 1. The molecular formula is C10H15NO. The third kappa shape index (κ3) is 1.77. The summed E-state index contributed by atoms with van der Waals surface area (Å²) in [6, 6.07) is 6.05. The van der Waals surface area contributed by atoms with E-state index in [4.69, 9.17) is 5.11 Å². The summed E-state index contributed by atoms with van der Waals surface area (Å²) in [5, 5.41) is 8.93. The number of aryl methyl sites for hydroxylation is 1. The maximum absolute atomic E-state index is 8.93. The first-order valence-electron chi connectivity index (χ1n) is 4.03. The quantitative estimate of drug-likeness (QED) is 0.718. The van der Waals surface area contributed by atoms with Crippen LogP contribution in [0, 0.1) is 6.92 Å². The van der Waals surface area contributed by atoms with Crippen molar-refractivity contribution in [1.29, 1.82) is 0 Å². The highest BCUT2D eigenvalue weighted by Crippen LogP contribution is 2.16. The Kier molecular flexibility index (Phi) is 2.71. The Morgan fingerprint density at radius 2 is 2.00 bits per heavy atom. The highest BCUT2D eigenvalue weighted by Gasteiger charge is 1.99. The average molecular weight is 165 g/mol. The van der Waals surface area contributed by atoms with E-state index in [2.05, 4.69) is 6.07 Å². The smallest absolute Gasteiger partial charge is 0.0684 e. The highest BCUT2D eigenvalue weighted by atomic mass is 16.3. The second kappa shape index (κ2) is 3.59. The van der Waals surface area contributed by atoms with E-state index >= 15 is 0 Å². The molecule has 0 unspecified atom stereocenters. The lowest BCUT2D eigenvalue weighted by Gasteiger charge is -2.14. The summed E-state index contributed by atoms with van der Waals surface area (Å²) in [6.07, 6.45) is 0. The van der Waals surface area contributed by atoms with Crippen LogP contribution in [0.15, 0.2) is 18.2 Å². The second-order valence-electron chi connectivity index (χ2n) is 3.16. The van der Waals surface area contributed by atoms with Crippen LogP contribution in [0.3, 0.4) is 0 Å². The number of nitrogens with zero attached hydrogens (tertiary/aromatic N) is 1. The molecule has 0 saturated heterocycles. The van der Waals surface area contributed by atoms with Gasteiger partial charge in [0.1, 0.15) is 0 Å². The number of rotatable bonds is 2. The van der Waals surface area contributed by atoms with E-state index in [1.54, 1.807) is 0 Å². The molecule has 0 heterocycles. The van der Waals surface area contributed by atoms with Gasteiger partial charge < -0.3 is 10.0 Å². The van der Waals surface area contributed by atoms with E-state index < -0.39 is 0 Å². The fourth-order valence-corrected chi connectivity index (χ4v) is 1.14. The molecule has 66 valence electrons. The molecule has 0 aliphatic heterocycles. The molecule has 0 atom stereocenters. The Labute approximate surface area is 73.4 Å². The fourth-order valence-electron chi connectivity index (χ4n) is 1.14. The van der Waals surface area contributed by atoms with Crippen molar-refractivity contribution in [2.24, 2.45) is 0 Å². The topological polar surface area (TPSA) is 23.5 Å². The zero-order chi connectivity index (χ0) is 9.14. The molecule has 12 heavy (non-hydrogen) atoms. The Morgan fingerprint density at radius 1 is 1.33 bits per heavy atom. The summed E-state index contributed by atoms with van der Waals surface area (Å²) in [7, 11) is 4.01. The van der Waals surface area contributed by atoms with E-state index in [9.17, 15) is 0 Å². The van der Waals surface area contributed by atoms with Crippen LogP contribution in [-0.2, 0) is 6.61 Å². The largest absolute Gasteiger partial charge is 0.392 e. The van der Waals surface area contributed by atoms with Crippen LogP contribution in [0.1, 0.15) is 11.1 Å². The third-order valence-electron chi connectivity index (χ3n) is 2.01. The SMILES string of the molecule is Cc1cc(N(C)C)ccc1CO. The van der Waals surface area contributed by atoms with Gasteiger partial charge in [-0.05, 0) is 30.2 Å². The molecule has 2 nitrogen and oxygen atoms in total. The molecule has 0 saturated carbocycles. The molecule has 0 fully saturated rings. The van der Waals surface area contributed by atoms with Gasteiger partial charge in [-0.15, -0.1) is 0 Å². The Morgan fingerprint density at radius 3 is 2.42 bits per heavy atom. The van der Waals surface area contributed by atoms with E-state index in [0.717, 1.165) is 11.1 Å². The van der Waals surface area contributed by atoms with Gasteiger partial charge in [0.05, 0.1) is 6.61 Å². The van der Waals surface area contributed by atoms with Crippen molar-refractivity contribution in [2.45, 2.75) is 13.5 Å². The van der Waals surface area contributed by atoms with Crippen LogP contribution in [0.25, 0.3) is 0 Å². The van der Waals surface area contributed by atoms with Crippen LogP contribution in [0.5, 0.6) is 0 Å². The summed E-state index contributed by atoms with van der Waals surface area (Å²) in [6.45, 7) is 2.14. The van der Waals surface area contributed by atoms with Crippen LogP contribution in [0.2, 0.25) is 0 Å². The van der Waals surface area contributed by atoms with Crippen LogP contribution < -0.4 is 4.90 Å². The first-order valence-corrected chi connectivity index (χ1v) is 4.03. The highest BCUT2D eigenvalue weighted by molar-refractivity contribution is 5.49. The maximum Gasteiger partial charge on any atom is 0.0684 e. The van der Waals surface area contributed by atoms with Gasteiger partial charge in [0.2, 0.25) is 0 Å². The zero-order valence-electron chi connectivity index (χ0n) is 7.83. The molecule has 0 radical (unpaired) electrons. The average Bonchev–Trinajstić information content (AvgIpc) is 2.04. The van der Waals surface area contributed by atoms with Gasteiger partial charge in [0.25, 0.3) is 0 Å². The zero-order valence-corrected chi connectivity index (χ0v) is 7.83. The Balaban J connectivity index is 3.02. The Bertz CT molecular complexity index is 269. The monoisotopic (exact) mass is 165 g/mol. The van der Waals surface area contributed by atoms with Crippen molar-refractivity contribution in [2.75, 3.05) is 19.0 Å². The molecule has 0 spiro atoms. The first kappa shape index (κ1) is 9.07. The molecule has 1 rings (SSSR count). The maximum atomic E-state index is 8.93. The van der Waals surface area contributed by atoms with Crippen LogP contribution in [-0.4, -0.2) is 19.2 Å². The summed E-state index contributed by atoms with van der Waals surface area (Å²) in [5.41, 5.74) is 3.31. The van der Waals surface area contributed by atoms with Crippen molar-refractivity contribution in [3.05, 3.63) is 29.3 Å². The van der Waals surface area contributed by atoms with E-state index in [-0.39, 0.29) is 6.61 Å². The minimum Gasteiger partial charge on any atom is -0.392 e. The standard InChI is InChI=1S/C10H15NO/c1-8-6-10(11(2)3)5-4-9(8)7-12/h4-6,12H,7H2,1-3H3. The molecule has 1 N–H and O–H groups in total. The molecule has 1 aromatic rings. The van der Waals surface area contributed by atoms with Gasteiger partial charge in [-0.2, -0.15) is 0 Å². The summed E-state index contributed by atoms with van der Waals surface area (Å²) < 4.78 is 0. The summed E-state index contributed by atoms with van der Waals surface area (Å²) >= 11 is 0. The number of aliphatic hydroxyl groups excluding tert-OH is 1. The predicted molar refractivity (Wildman–Crippen MR) is 51.4 cm³/mol. The van der Waals surface area contributed by atoms with Gasteiger partial charge in [-0.3, -0.25) is 0 Å². The predicted octanol–water partition coefficient (Wildman–Crippen LogP) is 1.55. The molecule has 0 aromatic heterocycles. The molecule has 1 aromatic carbocycles. The van der Waals surface area contributed by atoms with Crippen LogP contribution in [0.4, 0.5) is 5.69 Å². The number of hydrogen-bond acceptors (Lipinski definition) is 2. The lowest BCUT2D eigenvalue weighted by molar-refractivity contribution is 0.281. The van der Waals surface area contributed by atoms with Gasteiger partial charge >= 0.3 is 0 Å². The minimum atomic E-state index is 0.125.